The number of amides is 1. The van der Waals surface area contributed by atoms with Crippen molar-refractivity contribution in [3.05, 3.63) is 53.1 Å². The molecule has 1 amide bonds. The molecule has 146 valence electrons. The van der Waals surface area contributed by atoms with Gasteiger partial charge in [0.25, 0.3) is 0 Å². The number of ether oxygens (including phenoxy) is 2. The summed E-state index contributed by atoms with van der Waals surface area (Å²) in [5.41, 5.74) is 1.81. The number of hydrogen-bond acceptors (Lipinski definition) is 6. The highest BCUT2D eigenvalue weighted by molar-refractivity contribution is 6.30. The van der Waals surface area contributed by atoms with Gasteiger partial charge in [-0.3, -0.25) is 4.79 Å². The first-order chi connectivity index (χ1) is 13.6. The van der Waals surface area contributed by atoms with E-state index in [0.717, 1.165) is 5.56 Å². The Morgan fingerprint density at radius 3 is 2.57 bits per heavy atom. The molecule has 8 nitrogen and oxygen atoms in total. The Kier molecular flexibility index (Phi) is 6.44. The van der Waals surface area contributed by atoms with Gasteiger partial charge in [0.05, 0.1) is 14.2 Å². The van der Waals surface area contributed by atoms with Crippen LogP contribution < -0.4 is 14.8 Å². The first kappa shape index (κ1) is 19.6. The van der Waals surface area contributed by atoms with Crippen LogP contribution in [0, 0.1) is 0 Å². The Bertz CT molecular complexity index is 943. The van der Waals surface area contributed by atoms with Crippen molar-refractivity contribution < 1.29 is 14.3 Å². The zero-order valence-corrected chi connectivity index (χ0v) is 16.3. The molecule has 1 aromatic heterocycles. The molecule has 0 unspecified atom stereocenters. The van der Waals surface area contributed by atoms with Crippen LogP contribution in [0.15, 0.2) is 42.5 Å². The van der Waals surface area contributed by atoms with E-state index in [4.69, 9.17) is 21.1 Å². The maximum Gasteiger partial charge on any atom is 0.243 e. The van der Waals surface area contributed by atoms with E-state index in [2.05, 4.69) is 20.7 Å². The molecule has 0 aliphatic carbocycles. The van der Waals surface area contributed by atoms with E-state index in [9.17, 15) is 4.79 Å². The third-order valence-corrected chi connectivity index (χ3v) is 4.28. The number of halogens is 1. The third kappa shape index (κ3) is 4.98. The van der Waals surface area contributed by atoms with Crippen molar-refractivity contribution in [2.45, 2.75) is 13.0 Å². The number of nitrogens with one attached hydrogen (secondary N) is 1. The van der Waals surface area contributed by atoms with Gasteiger partial charge < -0.3 is 14.8 Å². The summed E-state index contributed by atoms with van der Waals surface area (Å²) in [5.74, 6) is 1.38. The second-order valence-corrected chi connectivity index (χ2v) is 6.38. The average Bonchev–Trinajstić information content (AvgIpc) is 3.17. The highest BCUT2D eigenvalue weighted by Crippen LogP contribution is 2.30. The van der Waals surface area contributed by atoms with E-state index in [1.165, 1.54) is 4.80 Å². The van der Waals surface area contributed by atoms with Crippen molar-refractivity contribution in [2.24, 2.45) is 0 Å². The second kappa shape index (κ2) is 9.18. The van der Waals surface area contributed by atoms with Gasteiger partial charge >= 0.3 is 0 Å². The van der Waals surface area contributed by atoms with Crippen LogP contribution in [0.2, 0.25) is 5.02 Å². The molecule has 0 fully saturated rings. The van der Waals surface area contributed by atoms with Crippen molar-refractivity contribution in [2.75, 3.05) is 20.8 Å². The predicted octanol–water partition coefficient (Wildman–Crippen LogP) is 2.37. The smallest absolute Gasteiger partial charge is 0.243 e. The SMILES string of the molecule is COc1ccc(-c2nnn(CC(=O)NCCc3ccc(Cl)cc3)n2)cc1OC. The van der Waals surface area contributed by atoms with Gasteiger partial charge in [0.15, 0.2) is 11.5 Å². The van der Waals surface area contributed by atoms with E-state index in [1.807, 2.05) is 24.3 Å². The second-order valence-electron chi connectivity index (χ2n) is 5.94. The van der Waals surface area contributed by atoms with Gasteiger partial charge in [-0.1, -0.05) is 23.7 Å². The summed E-state index contributed by atoms with van der Waals surface area (Å²) >= 11 is 5.86. The number of carbonyl (C=O) groups is 1. The molecule has 0 aliphatic rings. The lowest BCUT2D eigenvalue weighted by Crippen LogP contribution is -2.30. The normalized spacial score (nSPS) is 10.5. The average molecular weight is 402 g/mol. The van der Waals surface area contributed by atoms with Crippen LogP contribution in [0.1, 0.15) is 5.56 Å². The Morgan fingerprint density at radius 2 is 1.86 bits per heavy atom. The highest BCUT2D eigenvalue weighted by atomic mass is 35.5. The van der Waals surface area contributed by atoms with Crippen LogP contribution in [0.3, 0.4) is 0 Å². The largest absolute Gasteiger partial charge is 0.493 e. The number of aromatic nitrogens is 4. The summed E-state index contributed by atoms with van der Waals surface area (Å²) in [6, 6.07) is 12.8. The zero-order chi connectivity index (χ0) is 19.9. The lowest BCUT2D eigenvalue weighted by atomic mass is 10.1. The molecule has 0 radical (unpaired) electrons. The molecular formula is C19H20ClN5O3. The van der Waals surface area contributed by atoms with Gasteiger partial charge in [-0.05, 0) is 47.5 Å². The fraction of sp³-hybridized carbons (Fsp3) is 0.263. The van der Waals surface area contributed by atoms with Crippen molar-refractivity contribution in [1.29, 1.82) is 0 Å². The van der Waals surface area contributed by atoms with Crippen LogP contribution in [-0.4, -0.2) is 46.9 Å². The monoisotopic (exact) mass is 401 g/mol. The zero-order valence-electron chi connectivity index (χ0n) is 15.6. The summed E-state index contributed by atoms with van der Waals surface area (Å²) < 4.78 is 10.5. The van der Waals surface area contributed by atoms with Gasteiger partial charge in [0, 0.05) is 17.1 Å². The standard InChI is InChI=1S/C19H20ClN5O3/c1-27-16-8-5-14(11-17(16)28-2)19-22-24-25(23-19)12-18(26)21-10-9-13-3-6-15(20)7-4-13/h3-8,11H,9-10,12H2,1-2H3,(H,21,26). The molecule has 2 aromatic carbocycles. The molecular weight excluding hydrogens is 382 g/mol. The molecule has 1 heterocycles. The lowest BCUT2D eigenvalue weighted by molar-refractivity contribution is -0.122. The predicted molar refractivity (Wildman–Crippen MR) is 105 cm³/mol. The van der Waals surface area contributed by atoms with Gasteiger partial charge in [0.2, 0.25) is 11.7 Å². The maximum absolute atomic E-state index is 12.1. The van der Waals surface area contributed by atoms with Crippen molar-refractivity contribution in [3.8, 4) is 22.9 Å². The third-order valence-electron chi connectivity index (χ3n) is 4.03. The molecule has 1 N–H and O–H groups in total. The van der Waals surface area contributed by atoms with Gasteiger partial charge in [-0.25, -0.2) is 0 Å². The molecule has 28 heavy (non-hydrogen) atoms. The van der Waals surface area contributed by atoms with Gasteiger partial charge in [-0.2, -0.15) is 4.80 Å². The molecule has 0 saturated carbocycles. The Balaban J connectivity index is 1.55. The van der Waals surface area contributed by atoms with Gasteiger partial charge in [-0.15, -0.1) is 10.2 Å². The first-order valence-corrected chi connectivity index (χ1v) is 8.98. The molecule has 0 atom stereocenters. The molecule has 0 aliphatic heterocycles. The number of carbonyl (C=O) groups excluding carboxylic acids is 1. The van der Waals surface area contributed by atoms with Crippen LogP contribution >= 0.6 is 11.6 Å². The van der Waals surface area contributed by atoms with Crippen LogP contribution in [0.4, 0.5) is 0 Å². The summed E-state index contributed by atoms with van der Waals surface area (Å²) in [6.07, 6.45) is 0.713. The van der Waals surface area contributed by atoms with Crippen LogP contribution in [0.5, 0.6) is 11.5 Å². The number of benzene rings is 2. The lowest BCUT2D eigenvalue weighted by Gasteiger charge is -2.07. The fourth-order valence-corrected chi connectivity index (χ4v) is 2.71. The Hall–Kier alpha value is -3.13. The number of tetrazole rings is 1. The Morgan fingerprint density at radius 1 is 1.11 bits per heavy atom. The number of rotatable bonds is 8. The number of methoxy groups -OCH3 is 2. The maximum atomic E-state index is 12.1. The highest BCUT2D eigenvalue weighted by Gasteiger charge is 2.12. The van der Waals surface area contributed by atoms with E-state index >= 15 is 0 Å². The fourth-order valence-electron chi connectivity index (χ4n) is 2.58. The van der Waals surface area contributed by atoms with E-state index in [-0.39, 0.29) is 12.5 Å². The van der Waals surface area contributed by atoms with E-state index < -0.39 is 0 Å². The first-order valence-electron chi connectivity index (χ1n) is 8.60. The molecule has 0 spiro atoms. The Labute approximate surface area is 167 Å². The topological polar surface area (TPSA) is 91.2 Å². The quantitative estimate of drug-likeness (QED) is 0.623. The number of nitrogens with zero attached hydrogens (tertiary/aromatic N) is 4. The van der Waals surface area contributed by atoms with Gasteiger partial charge in [0.1, 0.15) is 6.54 Å². The van der Waals surface area contributed by atoms with Crippen molar-refractivity contribution in [1.82, 2.24) is 25.5 Å². The molecule has 3 aromatic rings. The minimum atomic E-state index is -0.190. The minimum absolute atomic E-state index is 0.0130. The van der Waals surface area contributed by atoms with Crippen LogP contribution in [0.25, 0.3) is 11.4 Å². The molecule has 3 rings (SSSR count). The van der Waals surface area contributed by atoms with E-state index in [0.29, 0.717) is 40.9 Å². The molecule has 9 heteroatoms. The van der Waals surface area contributed by atoms with Crippen molar-refractivity contribution >= 4 is 17.5 Å². The molecule has 0 saturated heterocycles. The van der Waals surface area contributed by atoms with Crippen molar-refractivity contribution in [3.63, 3.8) is 0 Å². The van der Waals surface area contributed by atoms with E-state index in [1.54, 1.807) is 32.4 Å². The van der Waals surface area contributed by atoms with Crippen LogP contribution in [-0.2, 0) is 17.8 Å². The summed E-state index contributed by atoms with van der Waals surface area (Å²) in [5, 5.41) is 15.7. The number of hydrogen-bond donors (Lipinski definition) is 1. The summed E-state index contributed by atoms with van der Waals surface area (Å²) in [7, 11) is 3.12. The summed E-state index contributed by atoms with van der Waals surface area (Å²) in [6.45, 7) is 0.499. The summed E-state index contributed by atoms with van der Waals surface area (Å²) in [4.78, 5) is 13.3. The minimum Gasteiger partial charge on any atom is -0.493 e. The molecule has 0 bridgehead atoms.